The van der Waals surface area contributed by atoms with Crippen molar-refractivity contribution in [2.45, 2.75) is 39.0 Å². The summed E-state index contributed by atoms with van der Waals surface area (Å²) in [5.74, 6) is 0.601. The highest BCUT2D eigenvalue weighted by molar-refractivity contribution is 5.14. The third-order valence-electron chi connectivity index (χ3n) is 3.33. The van der Waals surface area contributed by atoms with Crippen LogP contribution >= 0.6 is 0 Å². The first-order valence-corrected chi connectivity index (χ1v) is 6.30. The van der Waals surface area contributed by atoms with Crippen molar-refractivity contribution in [2.75, 3.05) is 0 Å². The molecule has 1 aliphatic rings. The predicted octanol–water partition coefficient (Wildman–Crippen LogP) is 3.40. The molecular weight excluding hydrogens is 210 g/mol. The van der Waals surface area contributed by atoms with E-state index in [-0.39, 0.29) is 6.10 Å². The van der Waals surface area contributed by atoms with E-state index in [9.17, 15) is 0 Å². The Hall–Kier alpha value is -1.12. The van der Waals surface area contributed by atoms with E-state index in [0.29, 0.717) is 12.0 Å². The predicted molar refractivity (Wildman–Crippen MR) is 70.3 cm³/mol. The Morgan fingerprint density at radius 1 is 1.41 bits per heavy atom. The van der Waals surface area contributed by atoms with E-state index in [1.807, 2.05) is 12.1 Å². The third-order valence-corrected chi connectivity index (χ3v) is 3.33. The van der Waals surface area contributed by atoms with Crippen LogP contribution in [0.2, 0.25) is 0 Å². The van der Waals surface area contributed by atoms with Gasteiger partial charge in [0, 0.05) is 12.6 Å². The van der Waals surface area contributed by atoms with Crippen LogP contribution in [-0.2, 0) is 11.4 Å². The van der Waals surface area contributed by atoms with Gasteiger partial charge in [-0.25, -0.2) is 0 Å². The fraction of sp³-hybridized carbons (Fsp3) is 0.467. The molecule has 0 unspecified atom stereocenters. The van der Waals surface area contributed by atoms with Crippen LogP contribution in [-0.4, -0.2) is 17.2 Å². The van der Waals surface area contributed by atoms with Gasteiger partial charge >= 0.3 is 0 Å². The molecule has 2 atom stereocenters. The normalized spacial score (nSPS) is 25.4. The molecule has 1 fully saturated rings. The monoisotopic (exact) mass is 231 g/mol. The molecule has 1 aromatic rings. The lowest BCUT2D eigenvalue weighted by Crippen LogP contribution is -2.31. The first-order chi connectivity index (χ1) is 8.20. The molecule has 17 heavy (non-hydrogen) atoms. The van der Waals surface area contributed by atoms with E-state index in [2.05, 4.69) is 49.8 Å². The van der Waals surface area contributed by atoms with Crippen LogP contribution in [0.4, 0.5) is 0 Å². The van der Waals surface area contributed by atoms with Gasteiger partial charge in [-0.1, -0.05) is 50.3 Å². The Morgan fingerprint density at radius 3 is 2.71 bits per heavy atom. The van der Waals surface area contributed by atoms with Crippen molar-refractivity contribution in [3.05, 3.63) is 48.6 Å². The summed E-state index contributed by atoms with van der Waals surface area (Å²) in [5, 5.41) is 2.12. The minimum Gasteiger partial charge on any atom is -0.291 e. The third kappa shape index (κ3) is 2.96. The molecule has 0 spiro atoms. The standard InChI is InChI=1S/C15H21NO/c1-4-14-10-15(12(2)3)16(17-14)11-13-8-6-5-7-9-13/h4-9,12,14-15H,1,10-11H2,2-3H3/t14-,15-/m1/s1. The number of hydrogen-bond acceptors (Lipinski definition) is 2. The summed E-state index contributed by atoms with van der Waals surface area (Å²) in [7, 11) is 0. The van der Waals surface area contributed by atoms with Crippen molar-refractivity contribution >= 4 is 0 Å². The van der Waals surface area contributed by atoms with E-state index in [4.69, 9.17) is 4.84 Å². The summed E-state index contributed by atoms with van der Waals surface area (Å²) in [6.45, 7) is 9.18. The number of hydroxylamine groups is 2. The second-order valence-electron chi connectivity index (χ2n) is 4.99. The lowest BCUT2D eigenvalue weighted by molar-refractivity contribution is -0.164. The molecule has 2 heteroatoms. The number of benzene rings is 1. The molecule has 0 amide bonds. The Bertz CT molecular complexity index is 360. The van der Waals surface area contributed by atoms with E-state index < -0.39 is 0 Å². The summed E-state index contributed by atoms with van der Waals surface area (Å²) in [6.07, 6.45) is 3.13. The van der Waals surface area contributed by atoms with Crippen LogP contribution in [0.5, 0.6) is 0 Å². The van der Waals surface area contributed by atoms with Gasteiger partial charge in [-0.05, 0) is 17.9 Å². The SMILES string of the molecule is C=C[C@@H]1C[C@H](C(C)C)N(Cc2ccccc2)O1. The number of nitrogens with zero attached hydrogens (tertiary/aromatic N) is 1. The minimum atomic E-state index is 0.172. The van der Waals surface area contributed by atoms with Gasteiger partial charge in [-0.2, -0.15) is 5.06 Å². The van der Waals surface area contributed by atoms with Gasteiger partial charge in [0.1, 0.15) is 0 Å². The summed E-state index contributed by atoms with van der Waals surface area (Å²) in [6, 6.07) is 10.9. The van der Waals surface area contributed by atoms with Crippen LogP contribution in [0.3, 0.4) is 0 Å². The van der Waals surface area contributed by atoms with Gasteiger partial charge in [0.05, 0.1) is 6.10 Å². The molecule has 1 aromatic carbocycles. The zero-order valence-corrected chi connectivity index (χ0v) is 10.7. The van der Waals surface area contributed by atoms with Gasteiger partial charge in [0.2, 0.25) is 0 Å². The lowest BCUT2D eigenvalue weighted by Gasteiger charge is -2.25. The van der Waals surface area contributed by atoms with Crippen LogP contribution in [0, 0.1) is 5.92 Å². The first-order valence-electron chi connectivity index (χ1n) is 6.30. The van der Waals surface area contributed by atoms with Gasteiger partial charge in [0.25, 0.3) is 0 Å². The zero-order chi connectivity index (χ0) is 12.3. The number of hydrogen-bond donors (Lipinski definition) is 0. The van der Waals surface area contributed by atoms with Crippen LogP contribution in [0.25, 0.3) is 0 Å². The zero-order valence-electron chi connectivity index (χ0n) is 10.7. The van der Waals surface area contributed by atoms with E-state index >= 15 is 0 Å². The van der Waals surface area contributed by atoms with Crippen molar-refractivity contribution in [3.8, 4) is 0 Å². The minimum absolute atomic E-state index is 0.172. The molecule has 0 aliphatic carbocycles. The van der Waals surface area contributed by atoms with Crippen LogP contribution in [0.15, 0.2) is 43.0 Å². The molecule has 1 heterocycles. The van der Waals surface area contributed by atoms with Gasteiger partial charge < -0.3 is 0 Å². The molecule has 2 rings (SSSR count). The number of rotatable bonds is 4. The average molecular weight is 231 g/mol. The molecule has 1 saturated heterocycles. The van der Waals surface area contributed by atoms with Gasteiger partial charge in [0.15, 0.2) is 0 Å². The quantitative estimate of drug-likeness (QED) is 0.736. The Morgan fingerprint density at radius 2 is 2.12 bits per heavy atom. The summed E-state index contributed by atoms with van der Waals surface area (Å²) >= 11 is 0. The van der Waals surface area contributed by atoms with E-state index in [1.54, 1.807) is 0 Å². The molecule has 0 radical (unpaired) electrons. The highest BCUT2D eigenvalue weighted by Gasteiger charge is 2.33. The van der Waals surface area contributed by atoms with Crippen molar-refractivity contribution in [1.82, 2.24) is 5.06 Å². The molecule has 0 aromatic heterocycles. The van der Waals surface area contributed by atoms with Crippen molar-refractivity contribution in [3.63, 3.8) is 0 Å². The second-order valence-corrected chi connectivity index (χ2v) is 4.99. The largest absolute Gasteiger partial charge is 0.291 e. The van der Waals surface area contributed by atoms with Gasteiger partial charge in [-0.15, -0.1) is 6.58 Å². The van der Waals surface area contributed by atoms with Crippen molar-refractivity contribution < 1.29 is 4.84 Å². The topological polar surface area (TPSA) is 12.5 Å². The highest BCUT2D eigenvalue weighted by Crippen LogP contribution is 2.28. The molecule has 0 saturated carbocycles. The fourth-order valence-electron chi connectivity index (χ4n) is 2.31. The smallest absolute Gasteiger partial charge is 0.0987 e. The summed E-state index contributed by atoms with van der Waals surface area (Å²) in [4.78, 5) is 5.90. The summed E-state index contributed by atoms with van der Waals surface area (Å²) in [5.41, 5.74) is 1.29. The van der Waals surface area contributed by atoms with E-state index in [1.165, 1.54) is 5.56 Å². The molecule has 0 bridgehead atoms. The molecule has 1 aliphatic heterocycles. The van der Waals surface area contributed by atoms with Gasteiger partial charge in [-0.3, -0.25) is 4.84 Å². The lowest BCUT2D eigenvalue weighted by atomic mass is 9.98. The van der Waals surface area contributed by atoms with Crippen molar-refractivity contribution in [1.29, 1.82) is 0 Å². The Balaban J connectivity index is 2.06. The maximum Gasteiger partial charge on any atom is 0.0987 e. The van der Waals surface area contributed by atoms with E-state index in [0.717, 1.165) is 13.0 Å². The highest BCUT2D eigenvalue weighted by atomic mass is 16.7. The second kappa shape index (κ2) is 5.48. The van der Waals surface area contributed by atoms with Crippen molar-refractivity contribution in [2.24, 2.45) is 5.92 Å². The molecule has 92 valence electrons. The van der Waals surface area contributed by atoms with Crippen LogP contribution in [0.1, 0.15) is 25.8 Å². The Labute approximate surface area is 104 Å². The summed E-state index contributed by atoms with van der Waals surface area (Å²) < 4.78 is 0. The fourth-order valence-corrected chi connectivity index (χ4v) is 2.31. The Kier molecular flexibility index (Phi) is 3.97. The maximum atomic E-state index is 5.90. The first kappa shape index (κ1) is 12.3. The van der Waals surface area contributed by atoms with Crippen LogP contribution < -0.4 is 0 Å². The maximum absolute atomic E-state index is 5.90. The molecular formula is C15H21NO. The molecule has 2 nitrogen and oxygen atoms in total. The molecule has 0 N–H and O–H groups in total. The average Bonchev–Trinajstić information content (AvgIpc) is 2.74.